The number of carbonyl (C=O) groups is 1. The van der Waals surface area contributed by atoms with Crippen LogP contribution in [-0.4, -0.2) is 357 Å². The standard InChI is InChI=1S/C69H112O35/c1-25-37(76)42(81)48(87)59(95-25)101-53-50(89)61(96-26(2)51(53)99-57-45(84)38(77)30(73)20-91-57)102-54-52(100-58-46(85)39(78)31(74)21-92-58)32(75)22-93-62(54)104-63(90)69-15-13-64(3,4)17-28(69)27-9-10-36-65(5)18-29(72)55(66(6,24-71)35(65)11-12-68(36,8)67(27,7)14-16-69)103-60-49(88)44(83)41(80)34(98-60)23-94-56-47(86)43(82)40(79)33(19-70)97-56/h9,25-26,28-62,70-89H,10-24H2,1-8H3/t25-,26-,28-,29-,30-,31-,32-,33+,34+,35+,36+,37-,38-,39-,40+,41+,42+,43-,44-,45+,46+,47+,48+,49+,50+,51-,52-,53-,54+,55-,56+,57-,58-,59-,60-,61-,62-,65-,66-,67+,68+,69-/m0/s1. The second kappa shape index (κ2) is 30.8. The Morgan fingerprint density at radius 2 is 0.971 bits per heavy atom. The Balaban J connectivity index is 0.811. The third-order valence-electron chi connectivity index (χ3n) is 26.6. The van der Waals surface area contributed by atoms with Crippen LogP contribution in [0.1, 0.15) is 113 Å². The van der Waals surface area contributed by atoms with E-state index in [1.807, 2.05) is 0 Å². The lowest BCUT2D eigenvalue weighted by Crippen LogP contribution is -2.69. The molecule has 0 bridgehead atoms. The van der Waals surface area contributed by atoms with Gasteiger partial charge in [-0.25, -0.2) is 0 Å². The first-order valence-electron chi connectivity index (χ1n) is 36.6. The average molecular weight is 1500 g/mol. The molecule has 0 radical (unpaired) electrons. The van der Waals surface area contributed by atoms with E-state index >= 15 is 4.79 Å². The number of allylic oxidation sites excluding steroid dienone is 2. The van der Waals surface area contributed by atoms with Gasteiger partial charge in [-0.2, -0.15) is 0 Å². The summed E-state index contributed by atoms with van der Waals surface area (Å²) in [6, 6.07) is 0. The summed E-state index contributed by atoms with van der Waals surface area (Å²) in [5, 5.41) is 220. The summed E-state index contributed by atoms with van der Waals surface area (Å²) in [6.07, 6.45) is -51.6. The summed E-state index contributed by atoms with van der Waals surface area (Å²) in [7, 11) is 0. The highest BCUT2D eigenvalue weighted by Gasteiger charge is 2.72. The van der Waals surface area contributed by atoms with Crippen LogP contribution in [0.4, 0.5) is 0 Å². The number of hydrogen-bond acceptors (Lipinski definition) is 35. The largest absolute Gasteiger partial charge is 0.432 e. The zero-order valence-electron chi connectivity index (χ0n) is 59.6. The van der Waals surface area contributed by atoms with Gasteiger partial charge in [-0.15, -0.1) is 0 Å². The van der Waals surface area contributed by atoms with E-state index in [1.54, 1.807) is 6.92 Å². The molecule has 0 aromatic rings. The molecule has 104 heavy (non-hydrogen) atoms. The summed E-state index contributed by atoms with van der Waals surface area (Å²) in [6.45, 7) is 12.0. The Bertz CT molecular complexity index is 2960. The van der Waals surface area contributed by atoms with Gasteiger partial charge >= 0.3 is 5.97 Å². The Labute approximate surface area is 600 Å². The first-order valence-corrected chi connectivity index (χ1v) is 36.6. The van der Waals surface area contributed by atoms with Gasteiger partial charge in [0.2, 0.25) is 6.29 Å². The molecule has 7 aliphatic heterocycles. The molecule has 7 saturated heterocycles. The molecule has 0 aromatic carbocycles. The van der Waals surface area contributed by atoms with Crippen molar-refractivity contribution in [2.45, 2.75) is 322 Å². The molecule has 35 nitrogen and oxygen atoms in total. The van der Waals surface area contributed by atoms with Gasteiger partial charge in [0.05, 0.1) is 69.5 Å². The molecule has 11 fully saturated rings. The molecule has 0 spiro atoms. The van der Waals surface area contributed by atoms with Crippen molar-refractivity contribution in [3.05, 3.63) is 11.6 Å². The van der Waals surface area contributed by atoms with Crippen LogP contribution in [0.5, 0.6) is 0 Å². The Hall–Kier alpha value is -2.11. The van der Waals surface area contributed by atoms with Crippen molar-refractivity contribution >= 4 is 5.97 Å². The fourth-order valence-corrected chi connectivity index (χ4v) is 20.1. The molecule has 5 aliphatic carbocycles. The van der Waals surface area contributed by atoms with E-state index in [1.165, 1.54) is 13.8 Å². The number of esters is 1. The van der Waals surface area contributed by atoms with Crippen LogP contribution < -0.4 is 0 Å². The minimum absolute atomic E-state index is 0.146. The maximum atomic E-state index is 16.1. The third kappa shape index (κ3) is 14.1. The second-order valence-electron chi connectivity index (χ2n) is 33.4. The second-order valence-corrected chi connectivity index (χ2v) is 33.4. The fraction of sp³-hybridized carbons (Fsp3) is 0.957. The van der Waals surface area contributed by atoms with E-state index in [4.69, 9.17) is 66.3 Å². The molecule has 20 N–H and O–H groups in total. The summed E-state index contributed by atoms with van der Waals surface area (Å²) < 4.78 is 85.1. The minimum atomic E-state index is -2.10. The molecule has 4 saturated carbocycles. The highest BCUT2D eigenvalue weighted by Crippen LogP contribution is 2.76. The SMILES string of the molecule is C[C@@H]1O[C@@H](O[C@H]2[C@@H](O)[C@H](O[C@H]3[C@H](OC(=O)[C@]45CCC(C)(C)C[C@H]4C4=CC[C@@H]6[C@@]7(C)C[C@H](O)[C@H](O[C@@H]8O[C@H](CO[C@@H]9O[C@H](CO)[C@@H](O)[C@H](O)[C@H]9O)[C@@H](O)[C@H](O)[C@H]8O)[C@@](C)(CO)[C@@H]7CC[C@@]6(C)[C@]4(C)CC5)OC[C@H](O)[C@@H]3O[C@@H]3OC[C@H](O)[C@H](O)[C@H]3O)O[C@@H](C)[C@@H]2O[C@@H]2OC[C@H](O)[C@H](O)[C@H]2O)[C@H](O)[C@H](O)[C@H]1O. The highest BCUT2D eigenvalue weighted by molar-refractivity contribution is 5.79. The van der Waals surface area contributed by atoms with Gasteiger partial charge < -0.3 is 168 Å². The number of rotatable bonds is 17. The van der Waals surface area contributed by atoms with Crippen LogP contribution >= 0.6 is 0 Å². The molecular weight excluding hydrogens is 1390 g/mol. The number of fused-ring (bicyclic) bond motifs is 7. The molecule has 0 amide bonds. The maximum absolute atomic E-state index is 16.1. The molecular formula is C69H112O35. The molecule has 7 heterocycles. The van der Waals surface area contributed by atoms with Gasteiger partial charge in [0.15, 0.2) is 43.8 Å². The van der Waals surface area contributed by atoms with E-state index in [0.29, 0.717) is 44.9 Å². The van der Waals surface area contributed by atoms with Crippen molar-refractivity contribution in [1.82, 2.24) is 0 Å². The number of aliphatic hydroxyl groups is 20. The Morgan fingerprint density at radius 1 is 0.462 bits per heavy atom. The predicted octanol–water partition coefficient (Wildman–Crippen LogP) is -6.65. The van der Waals surface area contributed by atoms with Gasteiger partial charge in [-0.05, 0) is 111 Å². The minimum Gasteiger partial charge on any atom is -0.432 e. The zero-order valence-corrected chi connectivity index (χ0v) is 59.6. The van der Waals surface area contributed by atoms with Gasteiger partial charge in [0, 0.05) is 5.41 Å². The molecule has 0 unspecified atom stereocenters. The first-order chi connectivity index (χ1) is 48.8. The van der Waals surface area contributed by atoms with Crippen molar-refractivity contribution in [1.29, 1.82) is 0 Å². The van der Waals surface area contributed by atoms with Gasteiger partial charge in [-0.1, -0.05) is 53.2 Å². The summed E-state index contributed by atoms with van der Waals surface area (Å²) in [5.41, 5.74) is -3.62. The van der Waals surface area contributed by atoms with Crippen molar-refractivity contribution in [3.8, 4) is 0 Å². The lowest BCUT2D eigenvalue weighted by molar-refractivity contribution is -0.397. The number of hydrogen-bond donors (Lipinski definition) is 20. The monoisotopic (exact) mass is 1500 g/mol. The van der Waals surface area contributed by atoms with Crippen molar-refractivity contribution in [2.24, 2.45) is 50.2 Å². The number of aliphatic hydroxyl groups excluding tert-OH is 20. The fourth-order valence-electron chi connectivity index (χ4n) is 20.1. The zero-order chi connectivity index (χ0) is 75.7. The smallest absolute Gasteiger partial charge is 0.315 e. The van der Waals surface area contributed by atoms with Crippen LogP contribution in [-0.2, 0) is 71.1 Å². The van der Waals surface area contributed by atoms with Crippen LogP contribution in [0, 0.1) is 50.2 Å². The van der Waals surface area contributed by atoms with Crippen LogP contribution in [0.3, 0.4) is 0 Å². The lowest BCUT2D eigenvalue weighted by atomic mass is 9.33. The first kappa shape index (κ1) is 81.4. The predicted molar refractivity (Wildman–Crippen MR) is 343 cm³/mol. The average Bonchev–Trinajstić information content (AvgIpc) is 0.672. The van der Waals surface area contributed by atoms with Crippen molar-refractivity contribution in [3.63, 3.8) is 0 Å². The van der Waals surface area contributed by atoms with Crippen molar-refractivity contribution in [2.75, 3.05) is 39.6 Å². The molecule has 598 valence electrons. The third-order valence-corrected chi connectivity index (χ3v) is 26.6. The van der Waals surface area contributed by atoms with E-state index in [-0.39, 0.29) is 30.1 Å². The quantitative estimate of drug-likeness (QED) is 0.0366. The molecule has 35 heteroatoms. The van der Waals surface area contributed by atoms with E-state index in [0.717, 1.165) is 5.57 Å². The Morgan fingerprint density at radius 3 is 1.60 bits per heavy atom. The number of carbonyl (C=O) groups excluding carboxylic acids is 1. The van der Waals surface area contributed by atoms with E-state index in [2.05, 4.69) is 40.7 Å². The van der Waals surface area contributed by atoms with Crippen LogP contribution in [0.2, 0.25) is 0 Å². The Kier molecular flexibility index (Phi) is 24.1. The lowest BCUT2D eigenvalue weighted by Gasteiger charge is -2.72. The van der Waals surface area contributed by atoms with Gasteiger partial charge in [0.25, 0.3) is 0 Å². The maximum Gasteiger partial charge on any atom is 0.315 e. The molecule has 12 aliphatic rings. The van der Waals surface area contributed by atoms with Gasteiger partial charge in [0.1, 0.15) is 134 Å². The topological polar surface area (TPSA) is 551 Å². The van der Waals surface area contributed by atoms with Crippen LogP contribution in [0.25, 0.3) is 0 Å². The van der Waals surface area contributed by atoms with Crippen LogP contribution in [0.15, 0.2) is 11.6 Å². The normalized spacial score (nSPS) is 55.6. The molecule has 12 rings (SSSR count). The summed E-state index contributed by atoms with van der Waals surface area (Å²) >= 11 is 0. The summed E-state index contributed by atoms with van der Waals surface area (Å²) in [5.74, 6) is -1.68. The molecule has 42 atom stereocenters. The van der Waals surface area contributed by atoms with Gasteiger partial charge in [-0.3, -0.25) is 4.79 Å². The molecule has 0 aromatic heterocycles. The van der Waals surface area contributed by atoms with E-state index in [9.17, 15) is 102 Å². The summed E-state index contributed by atoms with van der Waals surface area (Å²) in [4.78, 5) is 16.1. The van der Waals surface area contributed by atoms with Crippen molar-refractivity contribution < 1.29 is 173 Å². The highest BCUT2D eigenvalue weighted by atomic mass is 16.8. The number of ether oxygens (including phenoxy) is 14. The van der Waals surface area contributed by atoms with E-state index < -0.39 is 287 Å².